The van der Waals surface area contributed by atoms with Crippen molar-refractivity contribution < 1.29 is 9.90 Å². The molecule has 2 rings (SSSR count). The van der Waals surface area contributed by atoms with Gasteiger partial charge in [-0.15, -0.1) is 0 Å². The predicted octanol–water partition coefficient (Wildman–Crippen LogP) is 3.73. The van der Waals surface area contributed by atoms with Crippen molar-refractivity contribution in [3.8, 4) is 0 Å². The second kappa shape index (κ2) is 5.67. The first kappa shape index (κ1) is 11.9. The fraction of sp³-hybridized carbons (Fsp3) is 0.400. The first-order valence-electron chi connectivity index (χ1n) is 6.24. The molecule has 0 spiro atoms. The number of carboxylic acid groups (broad SMARTS) is 1. The summed E-state index contributed by atoms with van der Waals surface area (Å²) in [5, 5.41) is 9.23. The van der Waals surface area contributed by atoms with Gasteiger partial charge in [-0.25, -0.2) is 4.79 Å². The van der Waals surface area contributed by atoms with Gasteiger partial charge in [0.2, 0.25) is 0 Å². The smallest absolute Gasteiger partial charge is 0.331 e. The summed E-state index contributed by atoms with van der Waals surface area (Å²) in [5.74, 6) is -0.207. The van der Waals surface area contributed by atoms with Crippen molar-refractivity contribution in [1.82, 2.24) is 0 Å². The Labute approximate surface area is 102 Å². The first-order chi connectivity index (χ1) is 8.25. The van der Waals surface area contributed by atoms with Crippen molar-refractivity contribution in [3.63, 3.8) is 0 Å². The number of carbonyl (C=O) groups is 1. The largest absolute Gasteiger partial charge is 0.478 e. The number of aliphatic carboxylic acids is 1. The minimum atomic E-state index is -0.777. The molecule has 1 saturated carbocycles. The van der Waals surface area contributed by atoms with E-state index < -0.39 is 5.97 Å². The van der Waals surface area contributed by atoms with Crippen molar-refractivity contribution in [2.45, 2.75) is 32.1 Å². The molecule has 2 nitrogen and oxygen atoms in total. The van der Waals surface area contributed by atoms with Crippen LogP contribution in [-0.2, 0) is 4.79 Å². The predicted molar refractivity (Wildman–Crippen MR) is 68.6 cm³/mol. The van der Waals surface area contributed by atoms with Crippen LogP contribution in [0.3, 0.4) is 0 Å². The highest BCUT2D eigenvalue weighted by Gasteiger charge is 2.19. The Balaban J connectivity index is 2.11. The highest BCUT2D eigenvalue weighted by Crippen LogP contribution is 2.30. The molecule has 1 aliphatic carbocycles. The third-order valence-corrected chi connectivity index (χ3v) is 3.40. The molecule has 1 aliphatic rings. The van der Waals surface area contributed by atoms with Crippen LogP contribution in [0.5, 0.6) is 0 Å². The van der Waals surface area contributed by atoms with Crippen LogP contribution < -0.4 is 0 Å². The fourth-order valence-corrected chi connectivity index (χ4v) is 2.48. The van der Waals surface area contributed by atoms with E-state index in [2.05, 4.69) is 0 Å². The third-order valence-electron chi connectivity index (χ3n) is 3.40. The van der Waals surface area contributed by atoms with E-state index in [4.69, 9.17) is 0 Å². The van der Waals surface area contributed by atoms with E-state index in [9.17, 15) is 9.90 Å². The van der Waals surface area contributed by atoms with Crippen molar-refractivity contribution in [2.75, 3.05) is 0 Å². The van der Waals surface area contributed by atoms with Gasteiger partial charge >= 0.3 is 5.97 Å². The Morgan fingerprint density at radius 2 is 1.88 bits per heavy atom. The molecule has 90 valence electrons. The average Bonchev–Trinajstić information content (AvgIpc) is 2.82. The van der Waals surface area contributed by atoms with E-state index in [0.717, 1.165) is 5.56 Å². The molecule has 1 N–H and O–H groups in total. The lowest BCUT2D eigenvalue weighted by atomic mass is 9.96. The summed E-state index contributed by atoms with van der Waals surface area (Å²) in [6.45, 7) is 0. The number of rotatable bonds is 4. The van der Waals surface area contributed by atoms with Crippen LogP contribution in [0.25, 0.3) is 6.08 Å². The second-order valence-corrected chi connectivity index (χ2v) is 4.74. The Morgan fingerprint density at radius 3 is 2.47 bits per heavy atom. The monoisotopic (exact) mass is 230 g/mol. The van der Waals surface area contributed by atoms with Gasteiger partial charge in [-0.3, -0.25) is 0 Å². The molecule has 0 unspecified atom stereocenters. The second-order valence-electron chi connectivity index (χ2n) is 4.74. The van der Waals surface area contributed by atoms with Gasteiger partial charge in [0.1, 0.15) is 0 Å². The maximum Gasteiger partial charge on any atom is 0.331 e. The zero-order chi connectivity index (χ0) is 12.1. The average molecular weight is 230 g/mol. The maximum absolute atomic E-state index is 11.2. The van der Waals surface area contributed by atoms with Crippen molar-refractivity contribution in [3.05, 3.63) is 41.5 Å². The summed E-state index contributed by atoms with van der Waals surface area (Å²) >= 11 is 0. The van der Waals surface area contributed by atoms with Crippen LogP contribution in [-0.4, -0.2) is 11.1 Å². The van der Waals surface area contributed by atoms with E-state index in [1.54, 1.807) is 6.08 Å². The normalized spacial score (nSPS) is 17.3. The molecule has 0 amide bonds. The van der Waals surface area contributed by atoms with Gasteiger partial charge in [0.15, 0.2) is 0 Å². The molecular formula is C15H18O2. The summed E-state index contributed by atoms with van der Waals surface area (Å²) in [6, 6.07) is 9.69. The maximum atomic E-state index is 11.2. The topological polar surface area (TPSA) is 37.3 Å². The summed E-state index contributed by atoms with van der Waals surface area (Å²) in [7, 11) is 0. The van der Waals surface area contributed by atoms with E-state index in [1.165, 1.54) is 25.7 Å². The molecule has 17 heavy (non-hydrogen) atoms. The molecule has 0 aliphatic heterocycles. The van der Waals surface area contributed by atoms with Gasteiger partial charge in [-0.2, -0.15) is 0 Å². The standard InChI is InChI=1S/C15H18O2/c16-15(17)14(11-13-8-4-5-9-13)10-12-6-2-1-3-7-12/h1-3,6-7,10,13H,4-5,8-9,11H2,(H,16,17). The number of benzene rings is 1. The van der Waals surface area contributed by atoms with Crippen LogP contribution in [0.1, 0.15) is 37.7 Å². The molecular weight excluding hydrogens is 212 g/mol. The Kier molecular flexibility index (Phi) is 3.97. The Hall–Kier alpha value is -1.57. The highest BCUT2D eigenvalue weighted by molar-refractivity contribution is 5.92. The molecule has 1 aromatic rings. The fourth-order valence-electron chi connectivity index (χ4n) is 2.48. The van der Waals surface area contributed by atoms with Crippen LogP contribution >= 0.6 is 0 Å². The number of hydrogen-bond acceptors (Lipinski definition) is 1. The molecule has 0 bridgehead atoms. The highest BCUT2D eigenvalue weighted by atomic mass is 16.4. The number of carboxylic acids is 1. The zero-order valence-corrected chi connectivity index (χ0v) is 9.93. The van der Waals surface area contributed by atoms with Gasteiger partial charge < -0.3 is 5.11 Å². The van der Waals surface area contributed by atoms with Gasteiger partial charge in [-0.1, -0.05) is 56.0 Å². The molecule has 0 aromatic heterocycles. The van der Waals surface area contributed by atoms with Crippen LogP contribution in [0.4, 0.5) is 0 Å². The van der Waals surface area contributed by atoms with Crippen LogP contribution in [0.15, 0.2) is 35.9 Å². The summed E-state index contributed by atoms with van der Waals surface area (Å²) < 4.78 is 0. The minimum Gasteiger partial charge on any atom is -0.478 e. The van der Waals surface area contributed by atoms with Crippen molar-refractivity contribution in [2.24, 2.45) is 5.92 Å². The molecule has 2 heteroatoms. The first-order valence-corrected chi connectivity index (χ1v) is 6.24. The van der Waals surface area contributed by atoms with Crippen LogP contribution in [0.2, 0.25) is 0 Å². The molecule has 0 saturated heterocycles. The van der Waals surface area contributed by atoms with E-state index >= 15 is 0 Å². The Bertz CT molecular complexity index is 400. The Morgan fingerprint density at radius 1 is 1.24 bits per heavy atom. The lowest BCUT2D eigenvalue weighted by molar-refractivity contribution is -0.132. The summed E-state index contributed by atoms with van der Waals surface area (Å²) in [6.07, 6.45) is 7.38. The zero-order valence-electron chi connectivity index (χ0n) is 9.93. The van der Waals surface area contributed by atoms with E-state index in [1.807, 2.05) is 30.3 Å². The lowest BCUT2D eigenvalue weighted by Crippen LogP contribution is -2.05. The summed E-state index contributed by atoms with van der Waals surface area (Å²) in [5.41, 5.74) is 1.52. The molecule has 1 aromatic carbocycles. The third kappa shape index (κ3) is 3.45. The summed E-state index contributed by atoms with van der Waals surface area (Å²) in [4.78, 5) is 11.2. The lowest BCUT2D eigenvalue weighted by Gasteiger charge is -2.09. The van der Waals surface area contributed by atoms with Crippen LogP contribution in [0, 0.1) is 5.92 Å². The van der Waals surface area contributed by atoms with E-state index in [0.29, 0.717) is 17.9 Å². The quantitative estimate of drug-likeness (QED) is 0.800. The number of hydrogen-bond donors (Lipinski definition) is 1. The van der Waals surface area contributed by atoms with Gasteiger partial charge in [0, 0.05) is 5.57 Å². The van der Waals surface area contributed by atoms with Gasteiger partial charge in [-0.05, 0) is 24.0 Å². The minimum absolute atomic E-state index is 0.545. The molecule has 0 atom stereocenters. The van der Waals surface area contributed by atoms with Gasteiger partial charge in [0.25, 0.3) is 0 Å². The molecule has 0 radical (unpaired) electrons. The SMILES string of the molecule is O=C(O)C(=Cc1ccccc1)CC1CCCC1. The van der Waals surface area contributed by atoms with Crippen molar-refractivity contribution >= 4 is 12.0 Å². The molecule has 0 heterocycles. The van der Waals surface area contributed by atoms with Gasteiger partial charge in [0.05, 0.1) is 0 Å². The van der Waals surface area contributed by atoms with Crippen molar-refractivity contribution in [1.29, 1.82) is 0 Å². The molecule has 1 fully saturated rings. The van der Waals surface area contributed by atoms with E-state index in [-0.39, 0.29) is 0 Å².